The molecule has 0 aliphatic carbocycles. The monoisotopic (exact) mass is 244 g/mol. The molecule has 86 valence electrons. The topological polar surface area (TPSA) is 65.0 Å². The molecule has 5 nitrogen and oxygen atoms in total. The Morgan fingerprint density at radius 2 is 1.57 bits per heavy atom. The van der Waals surface area contributed by atoms with Crippen molar-refractivity contribution in [3.05, 3.63) is 0 Å². The molecule has 1 unspecified atom stereocenters. The van der Waals surface area contributed by atoms with E-state index < -0.39 is 22.1 Å². The first-order chi connectivity index (χ1) is 5.97. The van der Waals surface area contributed by atoms with E-state index in [1.54, 1.807) is 0 Å². The van der Waals surface area contributed by atoms with E-state index in [-0.39, 0.29) is 0 Å². The number of phosphoric acid groups is 1. The summed E-state index contributed by atoms with van der Waals surface area (Å²) in [5, 5.41) is 0. The highest BCUT2D eigenvalue weighted by Gasteiger charge is 2.41. The Bertz CT molecular complexity index is 241. The fourth-order valence-electron chi connectivity index (χ4n) is 0.374. The average molecular weight is 244 g/mol. The summed E-state index contributed by atoms with van der Waals surface area (Å²) in [5.41, 5.74) is 0. The van der Waals surface area contributed by atoms with E-state index in [1.165, 1.54) is 0 Å². The van der Waals surface area contributed by atoms with Crippen molar-refractivity contribution in [3.8, 4) is 0 Å². The molecular formula is CH4B2F5O5P-2. The number of hydrogen-bond acceptors (Lipinski definition) is 4. The maximum absolute atomic E-state index is 12.1. The van der Waals surface area contributed by atoms with Gasteiger partial charge in [0.25, 0.3) is 0 Å². The van der Waals surface area contributed by atoms with Gasteiger partial charge in [-0.15, -0.1) is 0 Å². The van der Waals surface area contributed by atoms with E-state index in [1.807, 2.05) is 0 Å². The molecule has 0 bridgehead atoms. The van der Waals surface area contributed by atoms with E-state index in [2.05, 4.69) is 13.5 Å². The Kier molecular flexibility index (Phi) is 4.11. The van der Waals surface area contributed by atoms with Crippen molar-refractivity contribution in [3.63, 3.8) is 0 Å². The van der Waals surface area contributed by atoms with Crippen LogP contribution in [-0.2, 0) is 18.1 Å². The normalized spacial score (nSPS) is 17.9. The van der Waals surface area contributed by atoms with Crippen LogP contribution in [0.1, 0.15) is 0 Å². The van der Waals surface area contributed by atoms with Gasteiger partial charge in [-0.25, -0.2) is 4.57 Å². The molecule has 13 heteroatoms. The molecule has 1 atom stereocenters. The van der Waals surface area contributed by atoms with E-state index >= 15 is 0 Å². The van der Waals surface area contributed by atoms with Gasteiger partial charge in [-0.05, 0) is 7.11 Å². The second-order valence-corrected chi connectivity index (χ2v) is 3.32. The minimum atomic E-state index is -6.18. The van der Waals surface area contributed by atoms with Crippen LogP contribution in [0.25, 0.3) is 0 Å². The van der Waals surface area contributed by atoms with Gasteiger partial charge in [0, 0.05) is 0 Å². The van der Waals surface area contributed by atoms with Gasteiger partial charge in [-0.1, -0.05) is 0 Å². The molecule has 14 heavy (non-hydrogen) atoms. The van der Waals surface area contributed by atoms with Gasteiger partial charge in [-0.2, -0.15) is 0 Å². The smallest absolute Gasteiger partial charge is 0.514 e. The Labute approximate surface area is 74.9 Å². The Morgan fingerprint density at radius 3 is 1.86 bits per heavy atom. The van der Waals surface area contributed by atoms with Crippen LogP contribution in [-0.4, -0.2) is 26.3 Å². The lowest BCUT2D eigenvalue weighted by Crippen LogP contribution is -2.31. The lowest BCUT2D eigenvalue weighted by molar-refractivity contribution is 0.142. The number of halogens is 5. The van der Waals surface area contributed by atoms with Gasteiger partial charge in [0.05, 0.1) is 0 Å². The van der Waals surface area contributed by atoms with Crippen LogP contribution in [0.5, 0.6) is 0 Å². The lowest BCUT2D eigenvalue weighted by Gasteiger charge is -2.29. The van der Waals surface area contributed by atoms with Crippen LogP contribution in [0.4, 0.5) is 21.6 Å². The first kappa shape index (κ1) is 13.8. The third kappa shape index (κ3) is 6.33. The molecule has 0 heterocycles. The van der Waals surface area contributed by atoms with Crippen LogP contribution in [0.3, 0.4) is 0 Å². The second kappa shape index (κ2) is 4.15. The van der Waals surface area contributed by atoms with Crippen molar-refractivity contribution >= 4 is 22.1 Å². The highest BCUT2D eigenvalue weighted by atomic mass is 31.2. The Hall–Kier alpha value is -0.150. The summed E-state index contributed by atoms with van der Waals surface area (Å²) in [5.74, 6) is 0. The molecule has 0 aliphatic rings. The summed E-state index contributed by atoms with van der Waals surface area (Å²) < 4.78 is 77.1. The van der Waals surface area contributed by atoms with Gasteiger partial charge in [0.15, 0.2) is 0 Å². The predicted octanol–water partition coefficient (Wildman–Crippen LogP) is 1.49. The van der Waals surface area contributed by atoms with Crippen molar-refractivity contribution in [1.82, 2.24) is 0 Å². The molecule has 1 N–H and O–H groups in total. The molecule has 0 radical (unpaired) electrons. The summed E-state index contributed by atoms with van der Waals surface area (Å²) in [4.78, 5) is 8.18. The SMILES string of the molecule is CO[B-](F)(F)OP(=O)(O)O[B-](F)(F)F. The first-order valence-corrected chi connectivity index (χ1v) is 4.45. The van der Waals surface area contributed by atoms with Crippen LogP contribution in [0.2, 0.25) is 0 Å². The predicted molar refractivity (Wildman–Crippen MR) is 36.1 cm³/mol. The van der Waals surface area contributed by atoms with Gasteiger partial charge in [0.2, 0.25) is 0 Å². The lowest BCUT2D eigenvalue weighted by atomic mass is 10.2. The van der Waals surface area contributed by atoms with Gasteiger partial charge < -0.3 is 40.0 Å². The van der Waals surface area contributed by atoms with Gasteiger partial charge >= 0.3 is 22.1 Å². The van der Waals surface area contributed by atoms with E-state index in [4.69, 9.17) is 4.89 Å². The van der Waals surface area contributed by atoms with Crippen molar-refractivity contribution in [2.45, 2.75) is 0 Å². The second-order valence-electron chi connectivity index (χ2n) is 1.96. The third-order valence-electron chi connectivity index (χ3n) is 0.783. The Balaban J connectivity index is 4.43. The van der Waals surface area contributed by atoms with Crippen molar-refractivity contribution in [2.24, 2.45) is 0 Å². The third-order valence-corrected chi connectivity index (χ3v) is 1.80. The van der Waals surface area contributed by atoms with Crippen LogP contribution in [0.15, 0.2) is 0 Å². The quantitative estimate of drug-likeness (QED) is 0.450. The van der Waals surface area contributed by atoms with E-state index in [9.17, 15) is 26.1 Å². The summed E-state index contributed by atoms with van der Waals surface area (Å²) in [6.45, 7) is 0. The molecule has 0 rings (SSSR count). The molecule has 0 fully saturated rings. The zero-order chi connectivity index (χ0) is 11.6. The summed E-state index contributed by atoms with van der Waals surface area (Å²) in [7, 11) is -17.0. The molecule has 0 amide bonds. The maximum Gasteiger partial charge on any atom is 0.645 e. The van der Waals surface area contributed by atoms with Crippen molar-refractivity contribution in [2.75, 3.05) is 7.11 Å². The van der Waals surface area contributed by atoms with E-state index in [0.29, 0.717) is 7.11 Å². The molecule has 0 aromatic carbocycles. The average Bonchev–Trinajstić information content (AvgIpc) is 1.78. The fourth-order valence-corrected chi connectivity index (χ4v) is 1.12. The molecular weight excluding hydrogens is 240 g/mol. The molecule has 0 aromatic heterocycles. The standard InChI is InChI=1S/CH4B2F5O5P/c1-11-3(7,8)13-14(9,10)12-2(4,5)6/h1H3,(H,9,10)/q-2. The maximum atomic E-state index is 12.1. The Morgan fingerprint density at radius 1 is 1.14 bits per heavy atom. The largest absolute Gasteiger partial charge is 0.645 e. The minimum Gasteiger partial charge on any atom is -0.514 e. The molecule has 0 saturated heterocycles. The zero-order valence-electron chi connectivity index (χ0n) is 6.57. The van der Waals surface area contributed by atoms with Crippen molar-refractivity contribution in [1.29, 1.82) is 0 Å². The molecule has 0 saturated carbocycles. The van der Waals surface area contributed by atoms with Crippen LogP contribution >= 0.6 is 7.82 Å². The minimum absolute atomic E-state index is 0.388. The summed E-state index contributed by atoms with van der Waals surface area (Å²) in [6.07, 6.45) is 0. The summed E-state index contributed by atoms with van der Waals surface area (Å²) >= 11 is 0. The summed E-state index contributed by atoms with van der Waals surface area (Å²) in [6, 6.07) is 0. The number of hydrogen-bond donors (Lipinski definition) is 1. The van der Waals surface area contributed by atoms with E-state index in [0.717, 1.165) is 0 Å². The van der Waals surface area contributed by atoms with Crippen LogP contribution < -0.4 is 0 Å². The van der Waals surface area contributed by atoms with Gasteiger partial charge in [0.1, 0.15) is 0 Å². The first-order valence-electron chi connectivity index (χ1n) is 2.95. The highest BCUT2D eigenvalue weighted by molar-refractivity contribution is 7.50. The van der Waals surface area contributed by atoms with Crippen molar-refractivity contribution < 1.29 is 44.6 Å². The van der Waals surface area contributed by atoms with Gasteiger partial charge in [-0.3, -0.25) is 0 Å². The molecule has 0 aromatic rings. The fraction of sp³-hybridized carbons (Fsp3) is 1.00. The van der Waals surface area contributed by atoms with Crippen LogP contribution in [0, 0.1) is 0 Å². The number of rotatable bonds is 5. The zero-order valence-corrected chi connectivity index (χ0v) is 7.47. The molecule has 0 spiro atoms. The highest BCUT2D eigenvalue weighted by Crippen LogP contribution is 2.49. The molecule has 0 aliphatic heterocycles.